The first-order chi connectivity index (χ1) is 7.53. The van der Waals surface area contributed by atoms with Gasteiger partial charge in [0.1, 0.15) is 6.42 Å². The molecule has 0 bridgehead atoms. The highest BCUT2D eigenvalue weighted by Crippen LogP contribution is 2.57. The minimum absolute atomic E-state index is 0.0635. The zero-order chi connectivity index (χ0) is 11.8. The van der Waals surface area contributed by atoms with Crippen molar-refractivity contribution in [3.63, 3.8) is 0 Å². The van der Waals surface area contributed by atoms with Crippen LogP contribution in [0.2, 0.25) is 0 Å². The van der Waals surface area contributed by atoms with Gasteiger partial charge in [-0.3, -0.25) is 4.79 Å². The summed E-state index contributed by atoms with van der Waals surface area (Å²) in [4.78, 5) is 15.4. The predicted octanol–water partition coefficient (Wildman–Crippen LogP) is 1.69. The van der Waals surface area contributed by atoms with Crippen molar-refractivity contribution in [3.05, 3.63) is 11.7 Å². The van der Waals surface area contributed by atoms with E-state index in [4.69, 9.17) is 9.26 Å². The summed E-state index contributed by atoms with van der Waals surface area (Å²) in [6.07, 6.45) is 1.14. The van der Waals surface area contributed by atoms with E-state index in [1.807, 2.05) is 0 Å². The summed E-state index contributed by atoms with van der Waals surface area (Å²) >= 11 is 0. The third kappa shape index (κ3) is 2.23. The number of rotatable bonds is 4. The van der Waals surface area contributed by atoms with Gasteiger partial charge in [-0.25, -0.2) is 0 Å². The van der Waals surface area contributed by atoms with Gasteiger partial charge in [-0.1, -0.05) is 19.0 Å². The molecule has 5 heteroatoms. The molecule has 0 amide bonds. The van der Waals surface area contributed by atoms with Crippen LogP contribution in [0.1, 0.15) is 44.8 Å². The van der Waals surface area contributed by atoms with Gasteiger partial charge in [-0.05, 0) is 18.8 Å². The average Bonchev–Trinajstić information content (AvgIpc) is 2.63. The largest absolute Gasteiger partial charge is 0.466 e. The van der Waals surface area contributed by atoms with Gasteiger partial charge in [0.25, 0.3) is 0 Å². The van der Waals surface area contributed by atoms with E-state index in [9.17, 15) is 4.79 Å². The van der Waals surface area contributed by atoms with Gasteiger partial charge in [0, 0.05) is 5.92 Å². The second-order valence-electron chi connectivity index (χ2n) is 4.77. The lowest BCUT2D eigenvalue weighted by atomic mass is 10.1. The Morgan fingerprint density at radius 2 is 2.31 bits per heavy atom. The van der Waals surface area contributed by atoms with Crippen LogP contribution in [0.5, 0.6) is 0 Å². The molecule has 1 fully saturated rings. The minimum Gasteiger partial charge on any atom is -0.466 e. The van der Waals surface area contributed by atoms with E-state index in [0.717, 1.165) is 6.42 Å². The van der Waals surface area contributed by atoms with Gasteiger partial charge >= 0.3 is 5.97 Å². The van der Waals surface area contributed by atoms with Crippen molar-refractivity contribution in [1.82, 2.24) is 10.1 Å². The van der Waals surface area contributed by atoms with E-state index in [-0.39, 0.29) is 17.8 Å². The van der Waals surface area contributed by atoms with E-state index in [1.54, 1.807) is 6.92 Å². The summed E-state index contributed by atoms with van der Waals surface area (Å²) < 4.78 is 9.82. The van der Waals surface area contributed by atoms with Crippen molar-refractivity contribution in [2.24, 2.45) is 5.41 Å². The number of hydrogen-bond acceptors (Lipinski definition) is 5. The van der Waals surface area contributed by atoms with Crippen LogP contribution in [0, 0.1) is 5.41 Å². The number of carbonyl (C=O) groups excluding carboxylic acids is 1. The molecule has 1 aliphatic rings. The molecule has 0 spiro atoms. The lowest BCUT2D eigenvalue weighted by molar-refractivity contribution is -0.142. The molecule has 1 heterocycles. The molecule has 1 saturated carbocycles. The number of esters is 1. The minimum atomic E-state index is -0.326. The van der Waals surface area contributed by atoms with Crippen molar-refractivity contribution in [1.29, 1.82) is 0 Å². The van der Waals surface area contributed by atoms with Crippen molar-refractivity contribution in [3.8, 4) is 0 Å². The van der Waals surface area contributed by atoms with Crippen LogP contribution in [0.4, 0.5) is 0 Å². The predicted molar refractivity (Wildman–Crippen MR) is 55.8 cm³/mol. The first-order valence-corrected chi connectivity index (χ1v) is 5.51. The lowest BCUT2D eigenvalue weighted by Gasteiger charge is -1.97. The van der Waals surface area contributed by atoms with Gasteiger partial charge < -0.3 is 9.26 Å². The van der Waals surface area contributed by atoms with Crippen LogP contribution in [0.3, 0.4) is 0 Å². The Kier molecular flexibility index (Phi) is 2.69. The number of aromatic nitrogens is 2. The molecule has 0 aromatic carbocycles. The monoisotopic (exact) mass is 224 g/mol. The summed E-state index contributed by atoms with van der Waals surface area (Å²) in [7, 11) is 0. The maximum Gasteiger partial charge on any atom is 0.315 e. The third-order valence-electron chi connectivity index (χ3n) is 2.91. The Balaban J connectivity index is 1.96. The SMILES string of the molecule is CCOC(=O)Cc1nc(C2CC2(C)C)no1. The Morgan fingerprint density at radius 1 is 1.62 bits per heavy atom. The Bertz CT molecular complexity index is 398. The molecular weight excluding hydrogens is 208 g/mol. The first-order valence-electron chi connectivity index (χ1n) is 5.51. The highest BCUT2D eigenvalue weighted by Gasteiger charge is 2.49. The molecule has 5 nitrogen and oxygen atoms in total. The molecule has 1 aromatic rings. The quantitative estimate of drug-likeness (QED) is 0.728. The molecule has 1 aliphatic carbocycles. The molecule has 1 atom stereocenters. The van der Waals surface area contributed by atoms with E-state index >= 15 is 0 Å². The summed E-state index contributed by atoms with van der Waals surface area (Å²) in [5, 5.41) is 3.89. The smallest absolute Gasteiger partial charge is 0.315 e. The van der Waals surface area contributed by atoms with Crippen molar-refractivity contribution >= 4 is 5.97 Å². The fourth-order valence-electron chi connectivity index (χ4n) is 1.72. The Labute approximate surface area is 94.2 Å². The average molecular weight is 224 g/mol. The van der Waals surface area contributed by atoms with E-state index < -0.39 is 0 Å². The fourth-order valence-corrected chi connectivity index (χ4v) is 1.72. The topological polar surface area (TPSA) is 65.2 Å². The van der Waals surface area contributed by atoms with Crippen LogP contribution in [0.25, 0.3) is 0 Å². The van der Waals surface area contributed by atoms with Crippen LogP contribution in [0.15, 0.2) is 4.52 Å². The van der Waals surface area contributed by atoms with Crippen molar-refractivity contribution in [2.45, 2.75) is 39.5 Å². The molecule has 0 aliphatic heterocycles. The van der Waals surface area contributed by atoms with Crippen LogP contribution in [-0.4, -0.2) is 22.7 Å². The van der Waals surface area contributed by atoms with Crippen LogP contribution in [-0.2, 0) is 16.0 Å². The van der Waals surface area contributed by atoms with E-state index in [0.29, 0.717) is 24.2 Å². The zero-order valence-electron chi connectivity index (χ0n) is 9.82. The van der Waals surface area contributed by atoms with Gasteiger partial charge in [-0.15, -0.1) is 0 Å². The maximum atomic E-state index is 11.2. The molecule has 16 heavy (non-hydrogen) atoms. The van der Waals surface area contributed by atoms with E-state index in [2.05, 4.69) is 24.0 Å². The van der Waals surface area contributed by atoms with Crippen LogP contribution < -0.4 is 0 Å². The number of nitrogens with zero attached hydrogens (tertiary/aromatic N) is 2. The summed E-state index contributed by atoms with van der Waals surface area (Å²) in [5.74, 6) is 1.10. The molecule has 0 saturated heterocycles. The molecule has 1 aromatic heterocycles. The molecule has 88 valence electrons. The highest BCUT2D eigenvalue weighted by atomic mass is 16.5. The summed E-state index contributed by atoms with van der Waals surface area (Å²) in [6.45, 7) is 6.47. The molecule has 0 radical (unpaired) electrons. The first kappa shape index (κ1) is 11.1. The standard InChI is InChI=1S/C11H16N2O3/c1-4-15-9(14)5-8-12-10(13-16-8)7-6-11(7,2)3/h7H,4-6H2,1-3H3. The lowest BCUT2D eigenvalue weighted by Crippen LogP contribution is -2.07. The second-order valence-corrected chi connectivity index (χ2v) is 4.77. The van der Waals surface area contributed by atoms with E-state index in [1.165, 1.54) is 0 Å². The summed E-state index contributed by atoms with van der Waals surface area (Å²) in [6, 6.07) is 0. The van der Waals surface area contributed by atoms with Gasteiger partial charge in [0.05, 0.1) is 6.61 Å². The third-order valence-corrected chi connectivity index (χ3v) is 2.91. The second kappa shape index (κ2) is 3.88. The normalized spacial score (nSPS) is 21.8. The van der Waals surface area contributed by atoms with Gasteiger partial charge in [0.15, 0.2) is 5.82 Å². The Morgan fingerprint density at radius 3 is 2.88 bits per heavy atom. The molecule has 2 rings (SSSR count). The fraction of sp³-hybridized carbons (Fsp3) is 0.727. The van der Waals surface area contributed by atoms with Gasteiger partial charge in [0.2, 0.25) is 5.89 Å². The molecule has 0 N–H and O–H groups in total. The highest BCUT2D eigenvalue weighted by molar-refractivity contribution is 5.71. The Hall–Kier alpha value is -1.39. The van der Waals surface area contributed by atoms with Crippen molar-refractivity contribution < 1.29 is 14.1 Å². The molecular formula is C11H16N2O3. The number of ether oxygens (including phenoxy) is 1. The molecule has 1 unspecified atom stereocenters. The number of hydrogen-bond donors (Lipinski definition) is 0. The summed E-state index contributed by atoms with van der Waals surface area (Å²) in [5.41, 5.74) is 0.269. The number of carbonyl (C=O) groups is 1. The van der Waals surface area contributed by atoms with Gasteiger partial charge in [-0.2, -0.15) is 4.98 Å². The maximum absolute atomic E-state index is 11.2. The van der Waals surface area contributed by atoms with Crippen LogP contribution >= 0.6 is 0 Å². The van der Waals surface area contributed by atoms with Crippen molar-refractivity contribution in [2.75, 3.05) is 6.61 Å². The zero-order valence-corrected chi connectivity index (χ0v) is 9.82.